The molecule has 0 saturated carbocycles. The fourth-order valence-electron chi connectivity index (χ4n) is 4.41. The van der Waals surface area contributed by atoms with E-state index in [2.05, 4.69) is 5.32 Å². The van der Waals surface area contributed by atoms with Crippen molar-refractivity contribution >= 4 is 36.1 Å². The molecule has 36 heavy (non-hydrogen) atoms. The van der Waals surface area contributed by atoms with Gasteiger partial charge in [0.25, 0.3) is 0 Å². The molecule has 2 aromatic rings. The summed E-state index contributed by atoms with van der Waals surface area (Å²) in [7, 11) is 0. The number of benzene rings is 2. The van der Waals surface area contributed by atoms with Crippen molar-refractivity contribution < 1.29 is 28.7 Å². The number of hydrogen-bond donors (Lipinski definition) is 1. The third-order valence-electron chi connectivity index (χ3n) is 6.45. The van der Waals surface area contributed by atoms with Gasteiger partial charge in [0.05, 0.1) is 0 Å². The van der Waals surface area contributed by atoms with Crippen LogP contribution in [-0.4, -0.2) is 71.3 Å². The van der Waals surface area contributed by atoms with E-state index in [-0.39, 0.29) is 6.61 Å². The maximum atomic E-state index is 13.7. The number of thioether (sulfide) groups is 1. The molecule has 10 heteroatoms. The lowest BCUT2D eigenvalue weighted by Gasteiger charge is -2.51. The van der Waals surface area contributed by atoms with Crippen molar-refractivity contribution in [2.75, 3.05) is 19.7 Å². The molecule has 186 valence electrons. The van der Waals surface area contributed by atoms with Crippen LogP contribution in [0.3, 0.4) is 0 Å². The number of amides is 3. The predicted molar refractivity (Wildman–Crippen MR) is 131 cm³/mol. The maximum Gasteiger partial charge on any atom is 0.410 e. The van der Waals surface area contributed by atoms with Crippen LogP contribution in [0.5, 0.6) is 0 Å². The molecule has 9 nitrogen and oxygen atoms in total. The quantitative estimate of drug-likeness (QED) is 0.332. The van der Waals surface area contributed by atoms with Crippen LogP contribution in [0.2, 0.25) is 0 Å². The standard InChI is InChI=1S/C26H25N3O6S/c30-16-27-20-23(31)29-21(19(15-36-24(20)29)14-34-26(33)28-12-7-13-28)25(32)35-22(17-8-3-1-4-9-17)18-10-5-2-6-11-18/h1-6,8-11,15-16,20-22,24H,7,12-14H2,(H,27,30)/t20-,21?,24-/m1/s1. The van der Waals surface area contributed by atoms with Gasteiger partial charge in [0.1, 0.15) is 18.0 Å². The number of carbonyl (C=O) groups excluding carboxylic acids is 4. The summed E-state index contributed by atoms with van der Waals surface area (Å²) < 4.78 is 11.5. The SMILES string of the molecule is O=CN[C@@H]1C(=O)N2C(C(=O)OC(c3ccccc3)c3ccccc3)C(COC(=O)N3CCC3)=CS[C@H]12. The first-order valence-corrected chi connectivity index (χ1v) is 12.6. The van der Waals surface area contributed by atoms with E-state index >= 15 is 0 Å². The molecule has 1 unspecified atom stereocenters. The molecular weight excluding hydrogens is 482 g/mol. The maximum absolute atomic E-state index is 13.7. The Bertz CT molecular complexity index is 1130. The third-order valence-corrected chi connectivity index (χ3v) is 7.67. The Morgan fingerprint density at radius 2 is 1.69 bits per heavy atom. The van der Waals surface area contributed by atoms with Gasteiger partial charge in [-0.25, -0.2) is 9.59 Å². The molecule has 0 bridgehead atoms. The zero-order valence-corrected chi connectivity index (χ0v) is 20.1. The molecule has 0 spiro atoms. The number of β-lactam (4-membered cyclic amide) rings is 1. The second kappa shape index (κ2) is 10.4. The molecule has 3 atom stereocenters. The summed E-state index contributed by atoms with van der Waals surface area (Å²) >= 11 is 1.29. The number of fused-ring (bicyclic) bond motifs is 1. The van der Waals surface area contributed by atoms with Gasteiger partial charge in [0, 0.05) is 18.7 Å². The van der Waals surface area contributed by atoms with Gasteiger partial charge in [-0.3, -0.25) is 9.59 Å². The Morgan fingerprint density at radius 1 is 1.06 bits per heavy atom. The van der Waals surface area contributed by atoms with E-state index in [1.165, 1.54) is 16.7 Å². The molecule has 2 fully saturated rings. The third kappa shape index (κ3) is 4.56. The van der Waals surface area contributed by atoms with E-state index in [1.54, 1.807) is 10.3 Å². The van der Waals surface area contributed by atoms with Gasteiger partial charge in [-0.1, -0.05) is 60.7 Å². The van der Waals surface area contributed by atoms with Crippen LogP contribution in [0.1, 0.15) is 23.7 Å². The minimum absolute atomic E-state index is 0.147. The second-order valence-corrected chi connectivity index (χ2v) is 9.65. The van der Waals surface area contributed by atoms with E-state index in [9.17, 15) is 19.2 Å². The van der Waals surface area contributed by atoms with Crippen molar-refractivity contribution in [3.63, 3.8) is 0 Å². The average Bonchev–Trinajstić information content (AvgIpc) is 2.88. The molecule has 5 rings (SSSR count). The zero-order chi connectivity index (χ0) is 25.1. The van der Waals surface area contributed by atoms with Crippen LogP contribution in [0.15, 0.2) is 71.6 Å². The van der Waals surface area contributed by atoms with E-state index in [0.717, 1.165) is 17.5 Å². The predicted octanol–water partition coefficient (Wildman–Crippen LogP) is 2.44. The monoisotopic (exact) mass is 507 g/mol. The number of nitrogens with zero attached hydrogens (tertiary/aromatic N) is 2. The highest BCUT2D eigenvalue weighted by Gasteiger charge is 2.56. The van der Waals surface area contributed by atoms with Gasteiger partial charge in [-0.15, -0.1) is 11.8 Å². The van der Waals surface area contributed by atoms with E-state index in [1.807, 2.05) is 60.7 Å². The van der Waals surface area contributed by atoms with Crippen LogP contribution in [0.4, 0.5) is 4.79 Å². The van der Waals surface area contributed by atoms with Gasteiger partial charge >= 0.3 is 12.1 Å². The minimum Gasteiger partial charge on any atom is -0.451 e. The highest BCUT2D eigenvalue weighted by atomic mass is 32.2. The van der Waals surface area contributed by atoms with Crippen LogP contribution >= 0.6 is 11.8 Å². The van der Waals surface area contributed by atoms with Crippen molar-refractivity contribution in [3.8, 4) is 0 Å². The van der Waals surface area contributed by atoms with Gasteiger partial charge in [-0.05, 0) is 23.0 Å². The molecule has 2 saturated heterocycles. The van der Waals surface area contributed by atoms with Crippen molar-refractivity contribution in [2.45, 2.75) is 30.0 Å². The lowest BCUT2D eigenvalue weighted by Crippen LogP contribution is -2.73. The van der Waals surface area contributed by atoms with Crippen LogP contribution in [0.25, 0.3) is 0 Å². The van der Waals surface area contributed by atoms with Gasteiger partial charge in [-0.2, -0.15) is 0 Å². The zero-order valence-electron chi connectivity index (χ0n) is 19.3. The first-order valence-electron chi connectivity index (χ1n) is 11.7. The second-order valence-electron chi connectivity index (χ2n) is 8.66. The summed E-state index contributed by atoms with van der Waals surface area (Å²) in [4.78, 5) is 52.9. The normalized spacial score (nSPS) is 22.5. The Balaban J connectivity index is 1.41. The summed E-state index contributed by atoms with van der Waals surface area (Å²) in [5.74, 6) is -1.03. The Hall–Kier alpha value is -3.79. The molecule has 3 aliphatic heterocycles. The Labute approximate surface area is 212 Å². The largest absolute Gasteiger partial charge is 0.451 e. The van der Waals surface area contributed by atoms with Crippen molar-refractivity contribution in [1.82, 2.24) is 15.1 Å². The summed E-state index contributed by atoms with van der Waals surface area (Å²) in [5.41, 5.74) is 2.01. The van der Waals surface area contributed by atoms with Crippen LogP contribution in [0, 0.1) is 0 Å². The van der Waals surface area contributed by atoms with Crippen molar-refractivity contribution in [2.24, 2.45) is 0 Å². The van der Waals surface area contributed by atoms with Crippen molar-refractivity contribution in [3.05, 3.63) is 82.8 Å². The fraction of sp³-hybridized carbons (Fsp3) is 0.308. The lowest BCUT2D eigenvalue weighted by atomic mass is 9.97. The van der Waals surface area contributed by atoms with Gasteiger partial charge in [0.2, 0.25) is 12.3 Å². The number of rotatable bonds is 8. The molecule has 3 aliphatic rings. The number of ether oxygens (including phenoxy) is 2. The molecular formula is C26H25N3O6S. The summed E-state index contributed by atoms with van der Waals surface area (Å²) in [6, 6.07) is 16.9. The summed E-state index contributed by atoms with van der Waals surface area (Å²) in [5, 5.41) is 3.78. The van der Waals surface area contributed by atoms with Crippen LogP contribution < -0.4 is 5.32 Å². The smallest absolute Gasteiger partial charge is 0.410 e. The molecule has 2 aromatic carbocycles. The number of hydrogen-bond acceptors (Lipinski definition) is 7. The van der Waals surface area contributed by atoms with Gasteiger partial charge < -0.3 is 24.6 Å². The first kappa shape index (κ1) is 23.9. The van der Waals surface area contributed by atoms with E-state index in [0.29, 0.717) is 25.1 Å². The summed E-state index contributed by atoms with van der Waals surface area (Å²) in [6.07, 6.45) is 0.252. The fourth-order valence-corrected chi connectivity index (χ4v) is 5.63. The highest BCUT2D eigenvalue weighted by molar-refractivity contribution is 8.02. The molecule has 0 radical (unpaired) electrons. The number of likely N-dealkylation sites (tertiary alicyclic amines) is 1. The first-order chi connectivity index (χ1) is 17.6. The number of carbonyl (C=O) groups is 4. The number of esters is 1. The van der Waals surface area contributed by atoms with E-state index < -0.39 is 41.5 Å². The summed E-state index contributed by atoms with van der Waals surface area (Å²) in [6.45, 7) is 1.13. The molecule has 0 aliphatic carbocycles. The Kier molecular flexibility index (Phi) is 6.95. The highest BCUT2D eigenvalue weighted by Crippen LogP contribution is 2.41. The molecule has 0 aromatic heterocycles. The molecule has 1 N–H and O–H groups in total. The number of nitrogens with one attached hydrogen (secondary N) is 1. The average molecular weight is 508 g/mol. The van der Waals surface area contributed by atoms with Crippen LogP contribution in [-0.2, 0) is 23.9 Å². The van der Waals surface area contributed by atoms with Crippen molar-refractivity contribution in [1.29, 1.82) is 0 Å². The molecule has 3 amide bonds. The topological polar surface area (TPSA) is 105 Å². The minimum atomic E-state index is -1.08. The molecule has 3 heterocycles. The Morgan fingerprint density at radius 3 is 2.25 bits per heavy atom. The van der Waals surface area contributed by atoms with Gasteiger partial charge in [0.15, 0.2) is 12.1 Å². The van der Waals surface area contributed by atoms with E-state index in [4.69, 9.17) is 9.47 Å². The lowest BCUT2D eigenvalue weighted by molar-refractivity contribution is -0.165.